The number of aromatic nitrogens is 4. The average molecular weight is 430 g/mol. The van der Waals surface area contributed by atoms with Crippen LogP contribution in [0.15, 0.2) is 90.2 Å². The third kappa shape index (κ3) is 4.83. The first kappa shape index (κ1) is 20.8. The van der Waals surface area contributed by atoms with E-state index in [-0.39, 0.29) is 11.7 Å². The van der Waals surface area contributed by atoms with Crippen molar-refractivity contribution in [1.29, 1.82) is 0 Å². The van der Waals surface area contributed by atoms with Gasteiger partial charge in [0.1, 0.15) is 5.69 Å². The Morgan fingerprint density at radius 3 is 2.13 bits per heavy atom. The van der Waals surface area contributed by atoms with Crippen molar-refractivity contribution in [2.45, 2.75) is 25.0 Å². The summed E-state index contributed by atoms with van der Waals surface area (Å²) < 4.78 is 2.04. The van der Waals surface area contributed by atoms with Crippen LogP contribution < -0.4 is 4.90 Å². The molecule has 0 N–H and O–H groups in total. The summed E-state index contributed by atoms with van der Waals surface area (Å²) in [5.74, 6) is 0.946. The first-order valence-electron chi connectivity index (χ1n) is 10.2. The molecule has 0 radical (unpaired) electrons. The Morgan fingerprint density at radius 2 is 1.55 bits per heavy atom. The van der Waals surface area contributed by atoms with Crippen molar-refractivity contribution in [1.82, 2.24) is 19.7 Å². The lowest BCUT2D eigenvalue weighted by Gasteiger charge is -2.23. The van der Waals surface area contributed by atoms with Crippen molar-refractivity contribution in [2.24, 2.45) is 0 Å². The molecule has 4 aromatic rings. The summed E-state index contributed by atoms with van der Waals surface area (Å²) in [5.41, 5.74) is 2.45. The smallest absolute Gasteiger partial charge is 0.242 e. The van der Waals surface area contributed by atoms with Gasteiger partial charge >= 0.3 is 0 Å². The molecule has 0 aliphatic heterocycles. The van der Waals surface area contributed by atoms with Gasteiger partial charge in [-0.25, -0.2) is 0 Å². The minimum atomic E-state index is -0.0205. The van der Waals surface area contributed by atoms with E-state index in [0.717, 1.165) is 41.0 Å². The Bertz CT molecular complexity index is 1080. The van der Waals surface area contributed by atoms with Gasteiger partial charge in [-0.1, -0.05) is 61.2 Å². The SMILES string of the molecule is CCCn1c(SCC(=O)N(c2ccccc2)c2ccccc2)nnc1-c1ccccn1. The molecule has 0 unspecified atom stereocenters. The lowest BCUT2D eigenvalue weighted by atomic mass is 10.2. The van der Waals surface area contributed by atoms with Gasteiger partial charge in [0, 0.05) is 24.1 Å². The van der Waals surface area contributed by atoms with Gasteiger partial charge in [-0.3, -0.25) is 14.7 Å². The van der Waals surface area contributed by atoms with Crippen molar-refractivity contribution >= 4 is 29.0 Å². The number of thioether (sulfide) groups is 1. The van der Waals surface area contributed by atoms with Crippen LogP contribution in [0.25, 0.3) is 11.5 Å². The molecule has 6 nitrogen and oxygen atoms in total. The number of para-hydroxylation sites is 2. The van der Waals surface area contributed by atoms with Crippen LogP contribution in [0.3, 0.4) is 0 Å². The summed E-state index contributed by atoms with van der Waals surface area (Å²) in [5, 5.41) is 9.42. The van der Waals surface area contributed by atoms with E-state index in [1.807, 2.05) is 83.4 Å². The molecule has 156 valence electrons. The predicted octanol–water partition coefficient (Wildman–Crippen LogP) is 5.21. The van der Waals surface area contributed by atoms with Crippen molar-refractivity contribution in [3.63, 3.8) is 0 Å². The highest BCUT2D eigenvalue weighted by molar-refractivity contribution is 7.99. The fourth-order valence-corrected chi connectivity index (χ4v) is 4.10. The van der Waals surface area contributed by atoms with Gasteiger partial charge in [0.25, 0.3) is 0 Å². The predicted molar refractivity (Wildman–Crippen MR) is 124 cm³/mol. The van der Waals surface area contributed by atoms with E-state index in [1.165, 1.54) is 11.8 Å². The Kier molecular flexibility index (Phi) is 6.74. The van der Waals surface area contributed by atoms with Gasteiger partial charge in [0.2, 0.25) is 5.91 Å². The molecule has 0 saturated carbocycles. The van der Waals surface area contributed by atoms with E-state index in [4.69, 9.17) is 0 Å². The maximum atomic E-state index is 13.3. The van der Waals surface area contributed by atoms with Gasteiger partial charge in [-0.05, 0) is 42.8 Å². The van der Waals surface area contributed by atoms with Crippen LogP contribution in [0.1, 0.15) is 13.3 Å². The number of carbonyl (C=O) groups is 1. The number of anilines is 2. The Labute approximate surface area is 186 Å². The zero-order valence-corrected chi connectivity index (χ0v) is 18.1. The number of carbonyl (C=O) groups excluding carboxylic acids is 1. The topological polar surface area (TPSA) is 63.9 Å². The fourth-order valence-electron chi connectivity index (χ4n) is 3.29. The van der Waals surface area contributed by atoms with Crippen LogP contribution in [-0.4, -0.2) is 31.4 Å². The fraction of sp³-hybridized carbons (Fsp3) is 0.167. The highest BCUT2D eigenvalue weighted by atomic mass is 32.2. The summed E-state index contributed by atoms with van der Waals surface area (Å²) in [7, 11) is 0. The summed E-state index contributed by atoms with van der Waals surface area (Å²) in [4.78, 5) is 19.4. The molecule has 31 heavy (non-hydrogen) atoms. The molecular formula is C24H23N5OS. The van der Waals surface area contributed by atoms with Crippen molar-refractivity contribution in [3.8, 4) is 11.5 Å². The van der Waals surface area contributed by atoms with Gasteiger partial charge in [0.15, 0.2) is 11.0 Å². The third-order valence-corrected chi connectivity index (χ3v) is 5.61. The van der Waals surface area contributed by atoms with Crippen LogP contribution in [0, 0.1) is 0 Å². The number of nitrogens with zero attached hydrogens (tertiary/aromatic N) is 5. The number of rotatable bonds is 8. The number of pyridine rings is 1. The lowest BCUT2D eigenvalue weighted by Crippen LogP contribution is -2.27. The summed E-state index contributed by atoms with van der Waals surface area (Å²) in [6, 6.07) is 25.1. The lowest BCUT2D eigenvalue weighted by molar-refractivity contribution is -0.115. The Morgan fingerprint density at radius 1 is 0.903 bits per heavy atom. The molecule has 2 heterocycles. The van der Waals surface area contributed by atoms with Crippen LogP contribution in [0.4, 0.5) is 11.4 Å². The van der Waals surface area contributed by atoms with Gasteiger partial charge in [-0.2, -0.15) is 0 Å². The number of hydrogen-bond acceptors (Lipinski definition) is 5. The second kappa shape index (κ2) is 10.0. The zero-order valence-electron chi connectivity index (χ0n) is 17.3. The Hall–Kier alpha value is -3.45. The monoisotopic (exact) mass is 429 g/mol. The minimum absolute atomic E-state index is 0.0205. The van der Waals surface area contributed by atoms with Crippen LogP contribution in [-0.2, 0) is 11.3 Å². The number of amides is 1. The molecule has 0 aliphatic rings. The molecule has 4 rings (SSSR count). The molecule has 2 aromatic carbocycles. The van der Waals surface area contributed by atoms with E-state index in [2.05, 4.69) is 22.1 Å². The first-order chi connectivity index (χ1) is 15.3. The highest BCUT2D eigenvalue weighted by Crippen LogP contribution is 2.28. The average Bonchev–Trinajstić information content (AvgIpc) is 3.23. The van der Waals surface area contributed by atoms with E-state index in [0.29, 0.717) is 0 Å². The minimum Gasteiger partial charge on any atom is -0.301 e. The quantitative estimate of drug-likeness (QED) is 0.360. The van der Waals surface area contributed by atoms with Crippen molar-refractivity contribution in [2.75, 3.05) is 10.7 Å². The molecular weight excluding hydrogens is 406 g/mol. The van der Waals surface area contributed by atoms with Gasteiger partial charge in [0.05, 0.1) is 5.75 Å². The summed E-state index contributed by atoms with van der Waals surface area (Å²) >= 11 is 1.40. The molecule has 0 spiro atoms. The molecule has 0 saturated heterocycles. The molecule has 0 aliphatic carbocycles. The molecule has 7 heteroatoms. The summed E-state index contributed by atoms with van der Waals surface area (Å²) in [6.07, 6.45) is 2.67. The largest absolute Gasteiger partial charge is 0.301 e. The van der Waals surface area contributed by atoms with Crippen molar-refractivity contribution < 1.29 is 4.79 Å². The van der Waals surface area contributed by atoms with E-state index < -0.39 is 0 Å². The van der Waals surface area contributed by atoms with E-state index >= 15 is 0 Å². The van der Waals surface area contributed by atoms with Crippen molar-refractivity contribution in [3.05, 3.63) is 85.1 Å². The van der Waals surface area contributed by atoms with E-state index in [1.54, 1.807) is 11.1 Å². The van der Waals surface area contributed by atoms with Gasteiger partial charge < -0.3 is 4.57 Å². The highest BCUT2D eigenvalue weighted by Gasteiger charge is 2.21. The summed E-state index contributed by atoms with van der Waals surface area (Å²) in [6.45, 7) is 2.87. The first-order valence-corrected chi connectivity index (χ1v) is 11.2. The second-order valence-electron chi connectivity index (χ2n) is 6.86. The standard InChI is InChI=1S/C24H23N5OS/c1-2-17-28-23(21-15-9-10-16-25-21)26-27-24(28)31-18-22(30)29(19-11-5-3-6-12-19)20-13-7-4-8-14-20/h3-16H,2,17-18H2,1H3. The Balaban J connectivity index is 1.58. The molecule has 0 fully saturated rings. The normalized spacial score (nSPS) is 10.7. The molecule has 1 amide bonds. The second-order valence-corrected chi connectivity index (χ2v) is 7.80. The molecule has 0 atom stereocenters. The maximum absolute atomic E-state index is 13.3. The van der Waals surface area contributed by atoms with E-state index in [9.17, 15) is 4.79 Å². The maximum Gasteiger partial charge on any atom is 0.242 e. The number of benzene rings is 2. The molecule has 2 aromatic heterocycles. The van der Waals surface area contributed by atoms with Gasteiger partial charge in [-0.15, -0.1) is 10.2 Å². The molecule has 0 bridgehead atoms. The van der Waals surface area contributed by atoms with Crippen LogP contribution >= 0.6 is 11.8 Å². The van der Waals surface area contributed by atoms with Crippen LogP contribution in [0.5, 0.6) is 0 Å². The van der Waals surface area contributed by atoms with Crippen LogP contribution in [0.2, 0.25) is 0 Å². The zero-order chi connectivity index (χ0) is 21.5. The third-order valence-electron chi connectivity index (χ3n) is 4.66. The number of hydrogen-bond donors (Lipinski definition) is 0.